The van der Waals surface area contributed by atoms with Gasteiger partial charge >= 0.3 is 0 Å². The van der Waals surface area contributed by atoms with Gasteiger partial charge in [0.05, 0.1) is 0 Å². The van der Waals surface area contributed by atoms with Gasteiger partial charge in [0.2, 0.25) is 5.91 Å². The Morgan fingerprint density at radius 3 is 2.43 bits per heavy atom. The third-order valence-electron chi connectivity index (χ3n) is 2.33. The third-order valence-corrected chi connectivity index (χ3v) is 2.33. The van der Waals surface area contributed by atoms with Crippen LogP contribution in [0.25, 0.3) is 0 Å². The van der Waals surface area contributed by atoms with Gasteiger partial charge < -0.3 is 10.6 Å². The van der Waals surface area contributed by atoms with E-state index in [0.29, 0.717) is 6.42 Å². The molecule has 0 aromatic carbocycles. The first-order chi connectivity index (χ1) is 6.72. The second kappa shape index (κ2) is 9.00. The van der Waals surface area contributed by atoms with Crippen LogP contribution in [-0.4, -0.2) is 30.9 Å². The molecule has 1 amide bonds. The van der Waals surface area contributed by atoms with Crippen LogP contribution in [-0.2, 0) is 4.79 Å². The summed E-state index contributed by atoms with van der Waals surface area (Å²) >= 11 is 0. The van der Waals surface area contributed by atoms with Crippen LogP contribution >= 0.6 is 0 Å². The minimum Gasteiger partial charge on any atom is -0.346 e. The second-order valence-corrected chi connectivity index (χ2v) is 3.77. The third kappa shape index (κ3) is 6.89. The molecule has 0 aliphatic rings. The minimum atomic E-state index is 0.277. The molecule has 0 aromatic rings. The molecule has 2 N–H and O–H groups in total. The highest BCUT2D eigenvalue weighted by molar-refractivity contribution is 5.75. The summed E-state index contributed by atoms with van der Waals surface area (Å²) in [6.45, 7) is 3.73. The summed E-state index contributed by atoms with van der Waals surface area (Å²) in [5.74, 6) is 0.277. The number of carbonyl (C=O) groups is 1. The van der Waals surface area contributed by atoms with Crippen LogP contribution in [0.5, 0.6) is 0 Å². The van der Waals surface area contributed by atoms with Crippen molar-refractivity contribution in [3.8, 4) is 0 Å². The zero-order chi connectivity index (χ0) is 10.8. The van der Waals surface area contributed by atoms with Crippen molar-refractivity contribution in [2.45, 2.75) is 45.4 Å². The molecule has 84 valence electrons. The zero-order valence-electron chi connectivity index (χ0n) is 9.59. The Morgan fingerprint density at radius 2 is 1.86 bits per heavy atom. The van der Waals surface area contributed by atoms with Gasteiger partial charge in [-0.05, 0) is 25.8 Å². The lowest BCUT2D eigenvalue weighted by molar-refractivity contribution is -0.130. The van der Waals surface area contributed by atoms with Gasteiger partial charge in [0.25, 0.3) is 0 Å². The maximum Gasteiger partial charge on any atom is 0.222 e. The van der Waals surface area contributed by atoms with Crippen molar-refractivity contribution in [2.75, 3.05) is 20.1 Å². The van der Waals surface area contributed by atoms with Crippen molar-refractivity contribution in [2.24, 2.45) is 5.73 Å². The number of carbonyl (C=O) groups excluding carboxylic acids is 1. The predicted octanol–water partition coefficient (Wildman–Crippen LogP) is 1.76. The molecule has 0 bridgehead atoms. The number of amides is 1. The SMILES string of the molecule is CCCN(C)C(=O)CCCCCCN. The van der Waals surface area contributed by atoms with Gasteiger partial charge in [0, 0.05) is 20.0 Å². The monoisotopic (exact) mass is 200 g/mol. The minimum absolute atomic E-state index is 0.277. The maximum absolute atomic E-state index is 11.5. The summed E-state index contributed by atoms with van der Waals surface area (Å²) < 4.78 is 0. The van der Waals surface area contributed by atoms with E-state index in [1.807, 2.05) is 11.9 Å². The number of nitrogens with zero attached hydrogens (tertiary/aromatic N) is 1. The molecular weight excluding hydrogens is 176 g/mol. The molecule has 0 saturated carbocycles. The van der Waals surface area contributed by atoms with Crippen LogP contribution in [0.2, 0.25) is 0 Å². The standard InChI is InChI=1S/C11H24N2O/c1-3-10-13(2)11(14)8-6-4-5-7-9-12/h3-10,12H2,1-2H3. The van der Waals surface area contributed by atoms with Gasteiger partial charge in [-0.25, -0.2) is 0 Å². The van der Waals surface area contributed by atoms with Crippen molar-refractivity contribution in [1.82, 2.24) is 4.90 Å². The molecule has 0 fully saturated rings. The van der Waals surface area contributed by atoms with E-state index in [0.717, 1.165) is 45.2 Å². The highest BCUT2D eigenvalue weighted by Gasteiger charge is 2.05. The Hall–Kier alpha value is -0.570. The topological polar surface area (TPSA) is 46.3 Å². The van der Waals surface area contributed by atoms with E-state index in [1.54, 1.807) is 0 Å². The molecule has 0 aromatic heterocycles. The Labute approximate surface area is 87.6 Å². The summed E-state index contributed by atoms with van der Waals surface area (Å²) in [5, 5.41) is 0. The first-order valence-corrected chi connectivity index (χ1v) is 5.66. The van der Waals surface area contributed by atoms with Crippen LogP contribution in [0.3, 0.4) is 0 Å². The number of hydrogen-bond acceptors (Lipinski definition) is 2. The van der Waals surface area contributed by atoms with Gasteiger partial charge in [0.1, 0.15) is 0 Å². The van der Waals surface area contributed by atoms with E-state index >= 15 is 0 Å². The molecule has 0 unspecified atom stereocenters. The van der Waals surface area contributed by atoms with Crippen molar-refractivity contribution in [1.29, 1.82) is 0 Å². The summed E-state index contributed by atoms with van der Waals surface area (Å²) in [5.41, 5.74) is 5.38. The van der Waals surface area contributed by atoms with Gasteiger partial charge in [-0.3, -0.25) is 4.79 Å². The Bertz CT molecular complexity index is 148. The van der Waals surface area contributed by atoms with Crippen LogP contribution in [0, 0.1) is 0 Å². The second-order valence-electron chi connectivity index (χ2n) is 3.77. The molecule has 0 spiro atoms. The molecule has 0 aliphatic heterocycles. The first-order valence-electron chi connectivity index (χ1n) is 5.66. The van der Waals surface area contributed by atoms with Crippen molar-refractivity contribution < 1.29 is 4.79 Å². The highest BCUT2D eigenvalue weighted by atomic mass is 16.2. The van der Waals surface area contributed by atoms with Crippen molar-refractivity contribution in [3.63, 3.8) is 0 Å². The molecule has 0 saturated heterocycles. The Morgan fingerprint density at radius 1 is 1.21 bits per heavy atom. The van der Waals surface area contributed by atoms with Crippen LogP contribution in [0.4, 0.5) is 0 Å². The lowest BCUT2D eigenvalue weighted by atomic mass is 10.1. The fraction of sp³-hybridized carbons (Fsp3) is 0.909. The summed E-state index contributed by atoms with van der Waals surface area (Å²) in [7, 11) is 1.88. The van der Waals surface area contributed by atoms with E-state index < -0.39 is 0 Å². The molecule has 0 atom stereocenters. The van der Waals surface area contributed by atoms with E-state index in [1.165, 1.54) is 0 Å². The molecule has 0 rings (SSSR count). The number of unbranched alkanes of at least 4 members (excludes halogenated alkanes) is 3. The summed E-state index contributed by atoms with van der Waals surface area (Å²) in [6, 6.07) is 0. The lowest BCUT2D eigenvalue weighted by Crippen LogP contribution is -2.26. The largest absolute Gasteiger partial charge is 0.346 e. The summed E-state index contributed by atoms with van der Waals surface area (Å²) in [6.07, 6.45) is 6.10. The van der Waals surface area contributed by atoms with Crippen LogP contribution in [0.1, 0.15) is 45.4 Å². The Balaban J connectivity index is 3.34. The quantitative estimate of drug-likeness (QED) is 0.607. The van der Waals surface area contributed by atoms with Crippen molar-refractivity contribution >= 4 is 5.91 Å². The fourth-order valence-electron chi connectivity index (χ4n) is 1.43. The summed E-state index contributed by atoms with van der Waals surface area (Å²) in [4.78, 5) is 13.3. The molecule has 0 heterocycles. The molecule has 3 heteroatoms. The van der Waals surface area contributed by atoms with Gasteiger partial charge in [-0.1, -0.05) is 19.8 Å². The van der Waals surface area contributed by atoms with Gasteiger partial charge in [-0.2, -0.15) is 0 Å². The number of hydrogen-bond donors (Lipinski definition) is 1. The predicted molar refractivity (Wildman–Crippen MR) is 60.1 cm³/mol. The van der Waals surface area contributed by atoms with Gasteiger partial charge in [-0.15, -0.1) is 0 Å². The molecule has 3 nitrogen and oxygen atoms in total. The molecule has 0 radical (unpaired) electrons. The smallest absolute Gasteiger partial charge is 0.222 e. The Kier molecular flexibility index (Phi) is 8.64. The average Bonchev–Trinajstić information content (AvgIpc) is 2.17. The fourth-order valence-corrected chi connectivity index (χ4v) is 1.43. The average molecular weight is 200 g/mol. The number of nitrogens with two attached hydrogens (primary N) is 1. The van der Waals surface area contributed by atoms with E-state index in [4.69, 9.17) is 5.73 Å². The first kappa shape index (κ1) is 13.4. The zero-order valence-corrected chi connectivity index (χ0v) is 9.59. The van der Waals surface area contributed by atoms with E-state index in [-0.39, 0.29) is 5.91 Å². The van der Waals surface area contributed by atoms with E-state index in [9.17, 15) is 4.79 Å². The molecule has 0 aliphatic carbocycles. The van der Waals surface area contributed by atoms with Crippen molar-refractivity contribution in [3.05, 3.63) is 0 Å². The number of rotatable bonds is 8. The normalized spacial score (nSPS) is 10.2. The highest BCUT2D eigenvalue weighted by Crippen LogP contribution is 2.04. The maximum atomic E-state index is 11.5. The van der Waals surface area contributed by atoms with E-state index in [2.05, 4.69) is 6.92 Å². The van der Waals surface area contributed by atoms with Crippen LogP contribution in [0.15, 0.2) is 0 Å². The van der Waals surface area contributed by atoms with Crippen LogP contribution < -0.4 is 5.73 Å². The molecule has 14 heavy (non-hydrogen) atoms. The molecular formula is C11H24N2O. The lowest BCUT2D eigenvalue weighted by Gasteiger charge is -2.15. The van der Waals surface area contributed by atoms with Gasteiger partial charge in [0.15, 0.2) is 0 Å².